The van der Waals surface area contributed by atoms with Crippen molar-refractivity contribution in [1.29, 1.82) is 0 Å². The lowest BCUT2D eigenvalue weighted by molar-refractivity contribution is -0.920. The zero-order chi connectivity index (χ0) is 18.9. The molecule has 1 aliphatic rings. The van der Waals surface area contributed by atoms with Crippen LogP contribution in [0.5, 0.6) is 0 Å². The molecule has 1 aliphatic heterocycles. The van der Waals surface area contributed by atoms with Crippen molar-refractivity contribution in [2.24, 2.45) is 5.92 Å². The Labute approximate surface area is 163 Å². The number of hydrogen-bond donors (Lipinski definition) is 2. The summed E-state index contributed by atoms with van der Waals surface area (Å²) in [6, 6.07) is 18.4. The van der Waals surface area contributed by atoms with Crippen LogP contribution in [0.2, 0.25) is 0 Å². The Morgan fingerprint density at radius 3 is 2.61 bits per heavy atom. The molecule has 2 aromatic heterocycles. The van der Waals surface area contributed by atoms with Crippen molar-refractivity contribution >= 4 is 22.1 Å². The molecular weight excluding hydrogens is 350 g/mol. The van der Waals surface area contributed by atoms with Crippen LogP contribution in [0.25, 0.3) is 22.1 Å². The molecule has 0 spiro atoms. The van der Waals surface area contributed by atoms with Crippen LogP contribution < -0.4 is 10.5 Å². The monoisotopic (exact) mass is 374 g/mol. The number of hydrogen-bond acceptors (Lipinski definition) is 3. The lowest BCUT2D eigenvalue weighted by Gasteiger charge is -2.29. The molecule has 0 aliphatic carbocycles. The van der Waals surface area contributed by atoms with Crippen LogP contribution in [0.15, 0.2) is 63.8 Å². The first-order valence-electron chi connectivity index (χ1n) is 10.0. The molecule has 2 N–H and O–H groups in total. The minimum atomic E-state index is -0.186. The Morgan fingerprint density at radius 2 is 1.79 bits per heavy atom. The average molecular weight is 374 g/mol. The highest BCUT2D eigenvalue weighted by Gasteiger charge is 2.23. The van der Waals surface area contributed by atoms with Crippen molar-refractivity contribution in [1.82, 2.24) is 9.97 Å². The zero-order valence-corrected chi connectivity index (χ0v) is 15.8. The SMILES string of the molecule is O=c1[nH]c(C[NH+]2CCC(Cc3ccccc3)CC2)nc2c1oc1ccccc12. The van der Waals surface area contributed by atoms with Crippen molar-refractivity contribution in [3.05, 3.63) is 76.3 Å². The van der Waals surface area contributed by atoms with Gasteiger partial charge >= 0.3 is 0 Å². The highest BCUT2D eigenvalue weighted by molar-refractivity contribution is 6.01. The Balaban J connectivity index is 1.30. The Morgan fingerprint density at radius 1 is 1.04 bits per heavy atom. The molecule has 5 heteroatoms. The number of nitrogens with one attached hydrogen (secondary N) is 2. The topological polar surface area (TPSA) is 63.3 Å². The van der Waals surface area contributed by atoms with Gasteiger partial charge in [-0.2, -0.15) is 0 Å². The van der Waals surface area contributed by atoms with E-state index in [4.69, 9.17) is 9.40 Å². The van der Waals surface area contributed by atoms with Crippen molar-refractivity contribution in [2.45, 2.75) is 25.8 Å². The summed E-state index contributed by atoms with van der Waals surface area (Å²) in [6.45, 7) is 2.99. The third kappa shape index (κ3) is 3.34. The predicted octanol–water partition coefficient (Wildman–Crippen LogP) is 2.71. The smallest absolute Gasteiger partial charge is 0.294 e. The van der Waals surface area contributed by atoms with E-state index in [2.05, 4.69) is 35.3 Å². The van der Waals surface area contributed by atoms with Gasteiger partial charge in [-0.05, 0) is 42.9 Å². The lowest BCUT2D eigenvalue weighted by atomic mass is 9.90. The highest BCUT2D eigenvalue weighted by atomic mass is 16.3. The van der Waals surface area contributed by atoms with Gasteiger partial charge in [-0.25, -0.2) is 4.98 Å². The molecular formula is C23H24N3O2+. The van der Waals surface area contributed by atoms with Gasteiger partial charge in [-0.15, -0.1) is 0 Å². The number of benzene rings is 2. The fourth-order valence-corrected chi connectivity index (χ4v) is 4.38. The number of rotatable bonds is 4. The van der Waals surface area contributed by atoms with E-state index >= 15 is 0 Å². The van der Waals surface area contributed by atoms with Gasteiger partial charge < -0.3 is 14.3 Å². The van der Waals surface area contributed by atoms with Gasteiger partial charge in [-0.3, -0.25) is 4.79 Å². The van der Waals surface area contributed by atoms with Gasteiger partial charge in [0, 0.05) is 5.39 Å². The van der Waals surface area contributed by atoms with Gasteiger partial charge in [0.15, 0.2) is 5.82 Å². The molecule has 5 nitrogen and oxygen atoms in total. The van der Waals surface area contributed by atoms with Crippen LogP contribution in [0.4, 0.5) is 0 Å². The molecule has 1 fully saturated rings. The standard InChI is InChI=1S/C23H23N3O2/c27-23-22-21(18-8-4-5-9-19(18)28-22)24-20(25-23)15-26-12-10-17(11-13-26)14-16-6-2-1-3-7-16/h1-9,17H,10-15H2,(H,24,25,27)/p+1. The molecule has 0 bridgehead atoms. The van der Waals surface area contributed by atoms with Crippen LogP contribution in [-0.2, 0) is 13.0 Å². The molecule has 0 unspecified atom stereocenters. The van der Waals surface area contributed by atoms with Gasteiger partial charge in [0.2, 0.25) is 5.58 Å². The molecule has 0 radical (unpaired) electrons. The number of likely N-dealkylation sites (tertiary alicyclic amines) is 1. The number of piperidine rings is 1. The van der Waals surface area contributed by atoms with E-state index in [9.17, 15) is 4.79 Å². The summed E-state index contributed by atoms with van der Waals surface area (Å²) in [7, 11) is 0. The van der Waals surface area contributed by atoms with Crippen LogP contribution in [0, 0.1) is 5.92 Å². The maximum atomic E-state index is 12.5. The number of furan rings is 1. The summed E-state index contributed by atoms with van der Waals surface area (Å²) in [5.41, 5.74) is 2.95. The normalized spacial score (nSPS) is 20.0. The number of aromatic amines is 1. The van der Waals surface area contributed by atoms with Crippen molar-refractivity contribution < 1.29 is 9.32 Å². The van der Waals surface area contributed by atoms with Crippen molar-refractivity contribution in [3.63, 3.8) is 0 Å². The van der Waals surface area contributed by atoms with E-state index in [0.717, 1.165) is 43.2 Å². The quantitative estimate of drug-likeness (QED) is 0.577. The Bertz CT molecular complexity index is 1150. The fourth-order valence-electron chi connectivity index (χ4n) is 4.38. The predicted molar refractivity (Wildman–Crippen MR) is 109 cm³/mol. The highest BCUT2D eigenvalue weighted by Crippen LogP contribution is 2.24. The van der Waals surface area contributed by atoms with Gasteiger partial charge in [0.1, 0.15) is 17.6 Å². The lowest BCUT2D eigenvalue weighted by Crippen LogP contribution is -3.11. The minimum Gasteiger partial charge on any atom is -0.449 e. The van der Waals surface area contributed by atoms with E-state index in [1.54, 1.807) is 0 Å². The van der Waals surface area contributed by atoms with Crippen LogP contribution >= 0.6 is 0 Å². The first-order chi connectivity index (χ1) is 13.8. The summed E-state index contributed by atoms with van der Waals surface area (Å²) in [5, 5.41) is 0.904. The summed E-state index contributed by atoms with van der Waals surface area (Å²) < 4.78 is 5.69. The number of nitrogens with zero attached hydrogens (tertiary/aromatic N) is 1. The molecule has 3 heterocycles. The maximum absolute atomic E-state index is 12.5. The molecule has 4 aromatic rings. The second kappa shape index (κ2) is 7.24. The number of fused-ring (bicyclic) bond motifs is 3. The minimum absolute atomic E-state index is 0.186. The third-order valence-electron chi connectivity index (χ3n) is 5.88. The van der Waals surface area contributed by atoms with Crippen LogP contribution in [0.1, 0.15) is 24.2 Å². The van der Waals surface area contributed by atoms with E-state index in [0.29, 0.717) is 16.7 Å². The number of quaternary nitrogens is 1. The van der Waals surface area contributed by atoms with Gasteiger partial charge in [0.25, 0.3) is 5.56 Å². The van der Waals surface area contributed by atoms with E-state index < -0.39 is 0 Å². The summed E-state index contributed by atoms with van der Waals surface area (Å²) in [4.78, 5) is 21.6. The van der Waals surface area contributed by atoms with Crippen molar-refractivity contribution in [2.75, 3.05) is 13.1 Å². The average Bonchev–Trinajstić information content (AvgIpc) is 3.10. The second-order valence-electron chi connectivity index (χ2n) is 7.85. The van der Waals surface area contributed by atoms with E-state index in [1.807, 2.05) is 24.3 Å². The van der Waals surface area contributed by atoms with Gasteiger partial charge in [0.05, 0.1) is 13.1 Å². The summed E-state index contributed by atoms with van der Waals surface area (Å²) in [6.07, 6.45) is 3.59. The molecule has 142 valence electrons. The zero-order valence-electron chi connectivity index (χ0n) is 15.8. The number of para-hydroxylation sites is 1. The second-order valence-corrected chi connectivity index (χ2v) is 7.85. The molecule has 28 heavy (non-hydrogen) atoms. The van der Waals surface area contributed by atoms with E-state index in [1.165, 1.54) is 23.3 Å². The Hall–Kier alpha value is -2.92. The molecule has 1 saturated heterocycles. The largest absolute Gasteiger partial charge is 0.449 e. The van der Waals surface area contributed by atoms with E-state index in [-0.39, 0.29) is 5.56 Å². The summed E-state index contributed by atoms with van der Waals surface area (Å²) >= 11 is 0. The third-order valence-corrected chi connectivity index (χ3v) is 5.88. The van der Waals surface area contributed by atoms with Crippen LogP contribution in [-0.4, -0.2) is 23.1 Å². The Kier molecular flexibility index (Phi) is 4.45. The first kappa shape index (κ1) is 17.2. The first-order valence-corrected chi connectivity index (χ1v) is 10.0. The maximum Gasteiger partial charge on any atom is 0.294 e. The van der Waals surface area contributed by atoms with Crippen molar-refractivity contribution in [3.8, 4) is 0 Å². The summed E-state index contributed by atoms with van der Waals surface area (Å²) in [5.74, 6) is 1.50. The molecule has 0 atom stereocenters. The van der Waals surface area contributed by atoms with Crippen LogP contribution in [0.3, 0.4) is 0 Å². The number of H-pyrrole nitrogens is 1. The number of aromatic nitrogens is 2. The molecule has 0 saturated carbocycles. The molecule has 2 aromatic carbocycles. The molecule has 0 amide bonds. The van der Waals surface area contributed by atoms with Gasteiger partial charge in [-0.1, -0.05) is 42.5 Å². The fraction of sp³-hybridized carbons (Fsp3) is 0.304. The molecule has 5 rings (SSSR count).